The fourth-order valence-electron chi connectivity index (χ4n) is 3.50. The Labute approximate surface area is 215 Å². The van der Waals surface area contributed by atoms with Gasteiger partial charge in [0.25, 0.3) is 0 Å². The summed E-state index contributed by atoms with van der Waals surface area (Å²) in [5.74, 6) is 6.19. The summed E-state index contributed by atoms with van der Waals surface area (Å²) in [6.07, 6.45) is 1.44. The minimum atomic E-state index is -0.684. The number of esters is 1. The molecule has 0 aliphatic carbocycles. The molecular formula is C24H24ClN7O5. The van der Waals surface area contributed by atoms with Gasteiger partial charge in [-0.2, -0.15) is 4.68 Å². The van der Waals surface area contributed by atoms with Gasteiger partial charge in [0.2, 0.25) is 11.5 Å². The number of nitrogens with one attached hydrogen (secondary N) is 1. The summed E-state index contributed by atoms with van der Waals surface area (Å²) in [6.45, 7) is 2.23. The summed E-state index contributed by atoms with van der Waals surface area (Å²) in [5.41, 5.74) is 0.0230. The van der Waals surface area contributed by atoms with Crippen LogP contribution in [-0.4, -0.2) is 39.3 Å². The molecule has 0 bridgehead atoms. The van der Waals surface area contributed by atoms with Gasteiger partial charge in [-0.15, -0.1) is 0 Å². The summed E-state index contributed by atoms with van der Waals surface area (Å²) in [7, 11) is 1.26. The van der Waals surface area contributed by atoms with Gasteiger partial charge in [-0.05, 0) is 48.9 Å². The van der Waals surface area contributed by atoms with E-state index in [0.29, 0.717) is 16.5 Å². The van der Waals surface area contributed by atoms with Crippen molar-refractivity contribution in [3.8, 4) is 5.75 Å². The predicted molar refractivity (Wildman–Crippen MR) is 137 cm³/mol. The Morgan fingerprint density at radius 2 is 1.81 bits per heavy atom. The fraction of sp³-hybridized carbons (Fsp3) is 0.208. The molecule has 0 atom stereocenters. The van der Waals surface area contributed by atoms with Gasteiger partial charge in [0.05, 0.1) is 25.9 Å². The number of aliphatic imine (C=N–C) groups is 1. The van der Waals surface area contributed by atoms with Crippen LogP contribution in [0.1, 0.15) is 12.5 Å². The number of aromatic nitrogens is 3. The number of carbonyl (C=O) groups excluding carboxylic acids is 1. The average molecular weight is 526 g/mol. The number of halogens is 1. The maximum atomic E-state index is 13.1. The molecule has 1 aliphatic heterocycles. The molecule has 3 N–H and O–H groups in total. The van der Waals surface area contributed by atoms with Gasteiger partial charge in [0.1, 0.15) is 5.75 Å². The van der Waals surface area contributed by atoms with E-state index in [1.165, 1.54) is 17.9 Å². The maximum Gasteiger partial charge on any atom is 0.358 e. The highest BCUT2D eigenvalue weighted by molar-refractivity contribution is 6.30. The lowest BCUT2D eigenvalue weighted by Gasteiger charge is -2.14. The van der Waals surface area contributed by atoms with Gasteiger partial charge < -0.3 is 20.6 Å². The largest absolute Gasteiger partial charge is 0.464 e. The maximum absolute atomic E-state index is 13.1. The zero-order valence-corrected chi connectivity index (χ0v) is 20.8. The standard InChI is InChI=1S/C24H24ClN7O5/c1-3-30-23(34)31(14-15-4-6-16(25)7-5-15)22(32(26)24(30)35)28-17-8-10-18(11-9-17)37-20-13-27-12-19(29-20)21(33)36-2/h4-12,27H,3,13-14,26H2,1-2H3/b28-22-. The van der Waals surface area contributed by atoms with E-state index in [9.17, 15) is 14.4 Å². The molecule has 0 saturated carbocycles. The van der Waals surface area contributed by atoms with E-state index in [1.54, 1.807) is 55.5 Å². The number of nitrogens with two attached hydrogens (primary N) is 1. The van der Waals surface area contributed by atoms with Crippen molar-refractivity contribution in [2.24, 2.45) is 9.98 Å². The quantitative estimate of drug-likeness (QED) is 0.358. The van der Waals surface area contributed by atoms with E-state index >= 15 is 0 Å². The molecule has 3 aromatic rings. The Morgan fingerprint density at radius 1 is 1.11 bits per heavy atom. The number of benzene rings is 2. The molecule has 2 heterocycles. The van der Waals surface area contributed by atoms with E-state index in [-0.39, 0.29) is 36.8 Å². The summed E-state index contributed by atoms with van der Waals surface area (Å²) >= 11 is 5.98. The van der Waals surface area contributed by atoms with Crippen molar-refractivity contribution in [3.63, 3.8) is 0 Å². The molecule has 192 valence electrons. The molecule has 2 aromatic carbocycles. The molecule has 0 saturated heterocycles. The molecule has 1 aromatic heterocycles. The second kappa shape index (κ2) is 11.0. The molecule has 0 fully saturated rings. The number of nitrogens with zero attached hydrogens (tertiary/aromatic N) is 5. The predicted octanol–water partition coefficient (Wildman–Crippen LogP) is 0.874. The second-order valence-corrected chi connectivity index (χ2v) is 8.24. The SMILES string of the molecule is CCn1c(=O)n(N)/c(=N\c2ccc(OC3=NC(C(=O)OC)=CNC3)cc2)n(Cc2ccc(Cl)cc2)c1=O. The second-order valence-electron chi connectivity index (χ2n) is 7.81. The molecule has 0 amide bonds. The summed E-state index contributed by atoms with van der Waals surface area (Å²) in [4.78, 5) is 46.1. The summed E-state index contributed by atoms with van der Waals surface area (Å²) < 4.78 is 13.6. The van der Waals surface area contributed by atoms with Gasteiger partial charge in [-0.1, -0.05) is 23.7 Å². The summed E-state index contributed by atoms with van der Waals surface area (Å²) in [6, 6.07) is 13.5. The number of methoxy groups -OCH3 is 1. The highest BCUT2D eigenvalue weighted by atomic mass is 35.5. The third kappa shape index (κ3) is 5.64. The molecule has 12 nitrogen and oxygen atoms in total. The molecule has 0 spiro atoms. The van der Waals surface area contributed by atoms with E-state index in [1.807, 2.05) is 0 Å². The van der Waals surface area contributed by atoms with Crippen molar-refractivity contribution in [1.82, 2.24) is 19.1 Å². The van der Waals surface area contributed by atoms with Gasteiger partial charge in [-0.3, -0.25) is 4.57 Å². The smallest absolute Gasteiger partial charge is 0.358 e. The monoisotopic (exact) mass is 525 g/mol. The number of ether oxygens (including phenoxy) is 2. The van der Waals surface area contributed by atoms with E-state index in [0.717, 1.165) is 14.8 Å². The van der Waals surface area contributed by atoms with Crippen LogP contribution in [0, 0.1) is 0 Å². The van der Waals surface area contributed by atoms with Crippen LogP contribution in [0.15, 0.2) is 80.0 Å². The Balaban J connectivity index is 1.69. The molecule has 1 aliphatic rings. The lowest BCUT2D eigenvalue weighted by Crippen LogP contribution is -2.57. The Bertz CT molecular complexity index is 1570. The van der Waals surface area contributed by atoms with Crippen LogP contribution in [0.25, 0.3) is 0 Å². The van der Waals surface area contributed by atoms with E-state index < -0.39 is 17.3 Å². The van der Waals surface area contributed by atoms with E-state index in [2.05, 4.69) is 20.0 Å². The molecule has 37 heavy (non-hydrogen) atoms. The van der Waals surface area contributed by atoms with Gasteiger partial charge in [0.15, 0.2) is 5.70 Å². The van der Waals surface area contributed by atoms with Crippen molar-refractivity contribution >= 4 is 29.2 Å². The van der Waals surface area contributed by atoms with Crippen molar-refractivity contribution < 1.29 is 14.3 Å². The number of rotatable bonds is 6. The van der Waals surface area contributed by atoms with Crippen molar-refractivity contribution in [2.45, 2.75) is 20.0 Å². The fourth-order valence-corrected chi connectivity index (χ4v) is 3.63. The zero-order valence-electron chi connectivity index (χ0n) is 20.1. The first kappa shape index (κ1) is 25.5. The van der Waals surface area contributed by atoms with E-state index in [4.69, 9.17) is 22.2 Å². The number of hydrogen-bond acceptors (Lipinski definition) is 9. The third-order valence-electron chi connectivity index (χ3n) is 5.36. The minimum absolute atomic E-state index is 0.0305. The number of carbonyl (C=O) groups is 1. The van der Waals surface area contributed by atoms with Crippen LogP contribution >= 0.6 is 11.6 Å². The number of hydrogen-bond donors (Lipinski definition) is 2. The third-order valence-corrected chi connectivity index (χ3v) is 5.61. The summed E-state index contributed by atoms with van der Waals surface area (Å²) in [5, 5.41) is 3.45. The van der Waals surface area contributed by atoms with Crippen LogP contribution in [0.3, 0.4) is 0 Å². The average Bonchev–Trinajstić information content (AvgIpc) is 2.91. The molecule has 4 rings (SSSR count). The Hall–Kier alpha value is -4.58. The molecule has 0 radical (unpaired) electrons. The first-order valence-electron chi connectivity index (χ1n) is 11.2. The van der Waals surface area contributed by atoms with Crippen molar-refractivity contribution in [2.75, 3.05) is 19.5 Å². The van der Waals surface area contributed by atoms with Crippen LogP contribution in [0.4, 0.5) is 5.69 Å². The molecular weight excluding hydrogens is 502 g/mol. The lowest BCUT2D eigenvalue weighted by atomic mass is 10.2. The highest BCUT2D eigenvalue weighted by Gasteiger charge is 2.16. The first-order valence-corrected chi connectivity index (χ1v) is 11.6. The van der Waals surface area contributed by atoms with Crippen LogP contribution < -0.4 is 32.9 Å². The van der Waals surface area contributed by atoms with Crippen molar-refractivity contribution in [3.05, 3.63) is 97.6 Å². The first-order chi connectivity index (χ1) is 17.8. The van der Waals surface area contributed by atoms with Gasteiger partial charge in [0, 0.05) is 17.8 Å². The Morgan fingerprint density at radius 3 is 2.46 bits per heavy atom. The normalized spacial score (nSPS) is 13.4. The molecule has 13 heteroatoms. The van der Waals surface area contributed by atoms with Crippen LogP contribution in [0.2, 0.25) is 5.02 Å². The minimum Gasteiger partial charge on any atom is -0.464 e. The van der Waals surface area contributed by atoms with Crippen LogP contribution in [-0.2, 0) is 22.6 Å². The zero-order chi connectivity index (χ0) is 26.5. The van der Waals surface area contributed by atoms with Gasteiger partial charge in [-0.25, -0.2) is 28.9 Å². The topological polar surface area (TPSA) is 147 Å². The Kier molecular flexibility index (Phi) is 7.58. The van der Waals surface area contributed by atoms with Crippen LogP contribution in [0.5, 0.6) is 5.75 Å². The van der Waals surface area contributed by atoms with Gasteiger partial charge >= 0.3 is 17.3 Å². The lowest BCUT2D eigenvalue weighted by molar-refractivity contribution is -0.136. The molecule has 0 unspecified atom stereocenters. The van der Waals surface area contributed by atoms with Crippen molar-refractivity contribution in [1.29, 1.82) is 0 Å². The highest BCUT2D eigenvalue weighted by Crippen LogP contribution is 2.18. The number of nitrogen functional groups attached to an aromatic ring is 1.